The van der Waals surface area contributed by atoms with Crippen molar-refractivity contribution in [1.29, 1.82) is 0 Å². The van der Waals surface area contributed by atoms with E-state index >= 15 is 0 Å². The Labute approximate surface area is 155 Å². The molecule has 0 saturated carbocycles. The predicted molar refractivity (Wildman–Crippen MR) is 102 cm³/mol. The highest BCUT2D eigenvalue weighted by Gasteiger charge is 2.18. The highest BCUT2D eigenvalue weighted by atomic mass is 32.1. The van der Waals surface area contributed by atoms with Crippen molar-refractivity contribution in [3.63, 3.8) is 0 Å². The number of ether oxygens (including phenoxy) is 1. The number of esters is 1. The summed E-state index contributed by atoms with van der Waals surface area (Å²) in [6, 6.07) is 10.4. The van der Waals surface area contributed by atoms with E-state index in [1.165, 1.54) is 31.4 Å². The molecule has 0 spiro atoms. The number of hydrogen-bond acceptors (Lipinski definition) is 5. The third-order valence-electron chi connectivity index (χ3n) is 3.46. The summed E-state index contributed by atoms with van der Waals surface area (Å²) < 4.78 is 4.69. The molecule has 0 aliphatic rings. The Morgan fingerprint density at radius 1 is 1.19 bits per heavy atom. The van der Waals surface area contributed by atoms with Crippen LogP contribution in [0.15, 0.2) is 47.9 Å². The van der Waals surface area contributed by atoms with Gasteiger partial charge in [0.1, 0.15) is 0 Å². The third-order valence-corrected chi connectivity index (χ3v) is 4.45. The fourth-order valence-electron chi connectivity index (χ4n) is 2.23. The van der Waals surface area contributed by atoms with Gasteiger partial charge in [0.2, 0.25) is 11.8 Å². The first-order valence-electron chi connectivity index (χ1n) is 7.94. The summed E-state index contributed by atoms with van der Waals surface area (Å²) in [5.74, 6) is -0.836. The van der Waals surface area contributed by atoms with Gasteiger partial charge in [0, 0.05) is 23.6 Å². The van der Waals surface area contributed by atoms with Gasteiger partial charge in [0.15, 0.2) is 0 Å². The molecule has 2 N–H and O–H groups in total. The van der Waals surface area contributed by atoms with Crippen molar-refractivity contribution < 1.29 is 19.1 Å². The summed E-state index contributed by atoms with van der Waals surface area (Å²) >= 11 is 1.47. The van der Waals surface area contributed by atoms with E-state index in [1.807, 2.05) is 17.5 Å². The van der Waals surface area contributed by atoms with E-state index in [9.17, 15) is 14.4 Å². The second kappa shape index (κ2) is 9.53. The highest BCUT2D eigenvalue weighted by molar-refractivity contribution is 7.10. The quantitative estimate of drug-likeness (QED) is 0.578. The van der Waals surface area contributed by atoms with Crippen molar-refractivity contribution in [3.8, 4) is 0 Å². The Balaban J connectivity index is 1.99. The Morgan fingerprint density at radius 3 is 2.50 bits per heavy atom. The zero-order valence-corrected chi connectivity index (χ0v) is 15.3. The highest BCUT2D eigenvalue weighted by Crippen LogP contribution is 2.22. The average molecular weight is 372 g/mol. The number of nitrogens with one attached hydrogen (secondary N) is 2. The molecule has 1 heterocycles. The number of benzene rings is 1. The number of methoxy groups -OCH3 is 1. The fraction of sp³-hybridized carbons (Fsp3) is 0.211. The topological polar surface area (TPSA) is 84.5 Å². The lowest BCUT2D eigenvalue weighted by Crippen LogP contribution is -2.28. The van der Waals surface area contributed by atoms with E-state index in [0.29, 0.717) is 5.69 Å². The van der Waals surface area contributed by atoms with Crippen LogP contribution in [0.2, 0.25) is 0 Å². The van der Waals surface area contributed by atoms with Crippen LogP contribution in [0.25, 0.3) is 6.08 Å². The van der Waals surface area contributed by atoms with Crippen molar-refractivity contribution >= 4 is 40.9 Å². The summed E-state index contributed by atoms with van der Waals surface area (Å²) in [5, 5.41) is 7.38. The normalized spacial score (nSPS) is 11.8. The van der Waals surface area contributed by atoms with E-state index in [2.05, 4.69) is 10.6 Å². The second-order valence-corrected chi connectivity index (χ2v) is 6.47. The molecule has 136 valence electrons. The molecule has 7 heteroatoms. The number of carbonyl (C=O) groups is 3. The number of amides is 2. The Hall–Kier alpha value is -2.93. The van der Waals surface area contributed by atoms with Crippen LogP contribution >= 0.6 is 11.3 Å². The third kappa shape index (κ3) is 6.18. The van der Waals surface area contributed by atoms with E-state index in [4.69, 9.17) is 4.74 Å². The maximum absolute atomic E-state index is 12.2. The summed E-state index contributed by atoms with van der Waals surface area (Å²) in [5.41, 5.74) is 1.50. The molecular weight excluding hydrogens is 352 g/mol. The Morgan fingerprint density at radius 2 is 1.92 bits per heavy atom. The molecule has 0 saturated heterocycles. The van der Waals surface area contributed by atoms with Crippen molar-refractivity contribution in [2.24, 2.45) is 0 Å². The van der Waals surface area contributed by atoms with Crippen LogP contribution < -0.4 is 10.6 Å². The van der Waals surface area contributed by atoms with Gasteiger partial charge in [0.25, 0.3) is 0 Å². The van der Waals surface area contributed by atoms with Gasteiger partial charge in [-0.3, -0.25) is 14.4 Å². The lowest BCUT2D eigenvalue weighted by Gasteiger charge is -2.15. The first-order valence-corrected chi connectivity index (χ1v) is 8.82. The second-order valence-electron chi connectivity index (χ2n) is 5.49. The lowest BCUT2D eigenvalue weighted by molar-refractivity contribution is -0.141. The number of carbonyl (C=O) groups excluding carboxylic acids is 3. The summed E-state index contributed by atoms with van der Waals surface area (Å²) in [6.45, 7) is 1.44. The maximum atomic E-state index is 12.2. The van der Waals surface area contributed by atoms with Crippen molar-refractivity contribution in [3.05, 3.63) is 58.3 Å². The molecule has 1 aromatic carbocycles. The van der Waals surface area contributed by atoms with Gasteiger partial charge in [-0.2, -0.15) is 0 Å². The van der Waals surface area contributed by atoms with Crippen LogP contribution in [-0.4, -0.2) is 24.9 Å². The van der Waals surface area contributed by atoms with E-state index in [0.717, 1.165) is 10.4 Å². The molecule has 0 radical (unpaired) electrons. The largest absolute Gasteiger partial charge is 0.469 e. The van der Waals surface area contributed by atoms with Gasteiger partial charge in [-0.05, 0) is 35.2 Å². The Kier molecular flexibility index (Phi) is 7.11. The minimum Gasteiger partial charge on any atom is -0.469 e. The zero-order chi connectivity index (χ0) is 18.9. The molecule has 2 rings (SSSR count). The molecule has 2 aromatic rings. The number of rotatable bonds is 7. The molecule has 1 unspecified atom stereocenters. The average Bonchev–Trinajstić information content (AvgIpc) is 3.14. The maximum Gasteiger partial charge on any atom is 0.307 e. The van der Waals surface area contributed by atoms with Crippen LogP contribution in [0.4, 0.5) is 5.69 Å². The van der Waals surface area contributed by atoms with Gasteiger partial charge in [-0.1, -0.05) is 18.2 Å². The van der Waals surface area contributed by atoms with Gasteiger partial charge in [-0.15, -0.1) is 11.3 Å². The summed E-state index contributed by atoms with van der Waals surface area (Å²) in [4.78, 5) is 35.7. The number of anilines is 1. The first-order chi connectivity index (χ1) is 12.5. The van der Waals surface area contributed by atoms with Crippen molar-refractivity contribution in [2.45, 2.75) is 19.4 Å². The van der Waals surface area contributed by atoms with Gasteiger partial charge >= 0.3 is 5.97 Å². The van der Waals surface area contributed by atoms with Crippen molar-refractivity contribution in [1.82, 2.24) is 5.32 Å². The standard InChI is InChI=1S/C19H20N2O4S/c1-13(22)20-15-8-5-14(6-9-15)7-10-18(23)21-16(12-19(24)25-2)17-4-3-11-26-17/h3-11,16H,12H2,1-2H3,(H,20,22)(H,21,23)/b10-7+. The monoisotopic (exact) mass is 372 g/mol. The molecule has 1 atom stereocenters. The van der Waals surface area contributed by atoms with E-state index < -0.39 is 6.04 Å². The number of thiophene rings is 1. The molecule has 0 fully saturated rings. The summed E-state index contributed by atoms with van der Waals surface area (Å²) in [6.07, 6.45) is 3.14. The van der Waals surface area contributed by atoms with Gasteiger partial charge in [-0.25, -0.2) is 0 Å². The number of hydrogen-bond donors (Lipinski definition) is 2. The molecular formula is C19H20N2O4S. The van der Waals surface area contributed by atoms with Gasteiger partial charge in [0.05, 0.1) is 19.6 Å². The lowest BCUT2D eigenvalue weighted by atomic mass is 10.1. The molecule has 0 aliphatic carbocycles. The van der Waals surface area contributed by atoms with Crippen LogP contribution in [-0.2, 0) is 19.1 Å². The minimum absolute atomic E-state index is 0.0714. The smallest absolute Gasteiger partial charge is 0.307 e. The van der Waals surface area contributed by atoms with Crippen molar-refractivity contribution in [2.75, 3.05) is 12.4 Å². The van der Waals surface area contributed by atoms with E-state index in [-0.39, 0.29) is 24.2 Å². The molecule has 2 amide bonds. The predicted octanol–water partition coefficient (Wildman–Crippen LogP) is 3.14. The molecule has 1 aromatic heterocycles. The molecule has 6 nitrogen and oxygen atoms in total. The molecule has 0 bridgehead atoms. The van der Waals surface area contributed by atoms with Crippen LogP contribution in [0.5, 0.6) is 0 Å². The Bertz CT molecular complexity index is 782. The van der Waals surface area contributed by atoms with Crippen LogP contribution in [0, 0.1) is 0 Å². The van der Waals surface area contributed by atoms with Crippen LogP contribution in [0.3, 0.4) is 0 Å². The SMILES string of the molecule is COC(=O)CC(NC(=O)/C=C/c1ccc(NC(C)=O)cc1)c1cccs1. The summed E-state index contributed by atoms with van der Waals surface area (Å²) in [7, 11) is 1.32. The molecule has 26 heavy (non-hydrogen) atoms. The molecule has 0 aliphatic heterocycles. The van der Waals surface area contributed by atoms with Crippen LogP contribution in [0.1, 0.15) is 29.8 Å². The first kappa shape index (κ1) is 19.4. The minimum atomic E-state index is -0.429. The zero-order valence-electron chi connectivity index (χ0n) is 14.5. The van der Waals surface area contributed by atoms with Gasteiger partial charge < -0.3 is 15.4 Å². The fourth-order valence-corrected chi connectivity index (χ4v) is 3.01. The van der Waals surface area contributed by atoms with E-state index in [1.54, 1.807) is 30.3 Å².